The molecule has 0 spiro atoms. The van der Waals surface area contributed by atoms with Crippen molar-refractivity contribution in [3.8, 4) is 0 Å². The highest BCUT2D eigenvalue weighted by Gasteiger charge is 2.02. The van der Waals surface area contributed by atoms with Crippen molar-refractivity contribution >= 4 is 12.4 Å². The van der Waals surface area contributed by atoms with Gasteiger partial charge in [0.05, 0.1) is 7.11 Å². The van der Waals surface area contributed by atoms with Gasteiger partial charge in [0, 0.05) is 12.1 Å². The molecule has 0 rings (SSSR count). The average Bonchev–Trinajstić information content (AvgIpc) is 2.13. The summed E-state index contributed by atoms with van der Waals surface area (Å²) >= 11 is 0. The summed E-state index contributed by atoms with van der Waals surface area (Å²) < 4.78 is 4.76. The van der Waals surface area contributed by atoms with Crippen molar-refractivity contribution in [3.05, 3.63) is 0 Å². The van der Waals surface area contributed by atoms with E-state index in [1.54, 1.807) is 7.11 Å². The fourth-order valence-corrected chi connectivity index (χ4v) is 0.778. The van der Waals surface area contributed by atoms with E-state index in [1.807, 2.05) is 13.8 Å². The molecule has 0 aliphatic rings. The summed E-state index contributed by atoms with van der Waals surface area (Å²) in [6.07, 6.45) is 2.43. The molecule has 1 unspecified atom stereocenters. The quantitative estimate of drug-likeness (QED) is 0.554. The smallest absolute Gasteiger partial charge is 0.221 e. The molecule has 0 radical (unpaired) electrons. The Bertz CT molecular complexity index is 200. The topological polar surface area (TPSA) is 46.0 Å². The maximum absolute atomic E-state index is 4.76. The number of methoxy groups -OCH3 is 1. The van der Waals surface area contributed by atoms with Gasteiger partial charge < -0.3 is 10.1 Å². The van der Waals surface area contributed by atoms with Gasteiger partial charge in [0.25, 0.3) is 0 Å². The van der Waals surface area contributed by atoms with E-state index in [1.165, 1.54) is 6.40 Å². The molecule has 0 heterocycles. The molecule has 0 aromatic carbocycles. The summed E-state index contributed by atoms with van der Waals surface area (Å²) in [4.78, 5) is 8.39. The fraction of sp³-hybridized carbons (Fsp3) is 0.800. The van der Waals surface area contributed by atoms with E-state index >= 15 is 0 Å². The van der Waals surface area contributed by atoms with Crippen molar-refractivity contribution in [2.75, 3.05) is 7.11 Å². The van der Waals surface area contributed by atoms with E-state index < -0.39 is 0 Å². The SMILES string of the molecule is CCC(C)NC(N=COC)=NC(C)C. The van der Waals surface area contributed by atoms with Gasteiger partial charge in [0.15, 0.2) is 6.40 Å². The lowest BCUT2D eigenvalue weighted by molar-refractivity contribution is 0.423. The number of nitrogens with one attached hydrogen (secondary N) is 1. The number of aliphatic imine (C=N–C) groups is 2. The van der Waals surface area contributed by atoms with E-state index in [2.05, 4.69) is 29.1 Å². The van der Waals surface area contributed by atoms with Crippen LogP contribution in [-0.4, -0.2) is 31.6 Å². The maximum atomic E-state index is 4.76. The normalized spacial score (nSPS) is 14.9. The zero-order chi connectivity index (χ0) is 11.0. The molecule has 0 saturated carbocycles. The molecular formula is C10H21N3O. The summed E-state index contributed by atoms with van der Waals surface area (Å²) in [6.45, 7) is 8.24. The Labute approximate surface area is 86.5 Å². The highest BCUT2D eigenvalue weighted by Crippen LogP contribution is 1.93. The Kier molecular flexibility index (Phi) is 6.80. The lowest BCUT2D eigenvalue weighted by Gasteiger charge is -2.12. The molecule has 14 heavy (non-hydrogen) atoms. The lowest BCUT2D eigenvalue weighted by Crippen LogP contribution is -2.31. The van der Waals surface area contributed by atoms with Gasteiger partial charge in [-0.05, 0) is 27.2 Å². The van der Waals surface area contributed by atoms with Gasteiger partial charge in [0.2, 0.25) is 5.96 Å². The molecule has 0 aromatic heterocycles. The third kappa shape index (κ3) is 6.46. The van der Waals surface area contributed by atoms with Crippen molar-refractivity contribution in [1.29, 1.82) is 0 Å². The third-order valence-corrected chi connectivity index (χ3v) is 1.65. The standard InChI is InChI=1S/C10H21N3O/c1-6-9(4)13-10(11-7-14-5)12-8(2)3/h7-9H,6H2,1-5H3,(H,12,13). The van der Waals surface area contributed by atoms with E-state index in [9.17, 15) is 0 Å². The lowest BCUT2D eigenvalue weighted by atomic mass is 10.3. The summed E-state index contributed by atoms with van der Waals surface area (Å²) in [7, 11) is 1.57. The minimum atomic E-state index is 0.232. The first-order valence-corrected chi connectivity index (χ1v) is 4.99. The Morgan fingerprint density at radius 1 is 1.43 bits per heavy atom. The summed E-state index contributed by atoms with van der Waals surface area (Å²) in [5, 5.41) is 3.20. The monoisotopic (exact) mass is 199 g/mol. The Morgan fingerprint density at radius 3 is 2.50 bits per heavy atom. The van der Waals surface area contributed by atoms with Crippen LogP contribution >= 0.6 is 0 Å². The number of rotatable bonds is 4. The molecule has 1 atom stereocenters. The van der Waals surface area contributed by atoms with Gasteiger partial charge in [-0.25, -0.2) is 4.99 Å². The van der Waals surface area contributed by atoms with Crippen molar-refractivity contribution in [1.82, 2.24) is 5.32 Å². The zero-order valence-corrected chi connectivity index (χ0v) is 9.74. The van der Waals surface area contributed by atoms with Gasteiger partial charge in [0.1, 0.15) is 0 Å². The van der Waals surface area contributed by atoms with Crippen molar-refractivity contribution in [2.45, 2.75) is 46.2 Å². The first-order valence-electron chi connectivity index (χ1n) is 4.99. The minimum Gasteiger partial charge on any atom is -0.486 e. The molecule has 1 N–H and O–H groups in total. The van der Waals surface area contributed by atoms with Crippen molar-refractivity contribution in [3.63, 3.8) is 0 Å². The van der Waals surface area contributed by atoms with Gasteiger partial charge >= 0.3 is 0 Å². The number of nitrogens with zero attached hydrogens (tertiary/aromatic N) is 2. The molecule has 0 saturated heterocycles. The van der Waals surface area contributed by atoms with E-state index in [0.717, 1.165) is 6.42 Å². The summed E-state index contributed by atoms with van der Waals surface area (Å²) in [5.74, 6) is 0.635. The molecule has 0 fully saturated rings. The predicted molar refractivity (Wildman–Crippen MR) is 61.0 cm³/mol. The molecule has 0 bridgehead atoms. The molecule has 0 aliphatic heterocycles. The number of guanidine groups is 1. The van der Waals surface area contributed by atoms with Crippen LogP contribution in [0.25, 0.3) is 0 Å². The van der Waals surface area contributed by atoms with Gasteiger partial charge in [-0.2, -0.15) is 4.99 Å². The van der Waals surface area contributed by atoms with Crippen LogP contribution < -0.4 is 5.32 Å². The molecule has 4 heteroatoms. The molecule has 0 amide bonds. The van der Waals surface area contributed by atoms with Crippen molar-refractivity contribution < 1.29 is 4.74 Å². The molecular weight excluding hydrogens is 178 g/mol. The minimum absolute atomic E-state index is 0.232. The van der Waals surface area contributed by atoms with Gasteiger partial charge in [-0.3, -0.25) is 0 Å². The average molecular weight is 199 g/mol. The molecule has 4 nitrogen and oxygen atoms in total. The Balaban J connectivity index is 4.32. The molecule has 82 valence electrons. The fourth-order valence-electron chi connectivity index (χ4n) is 0.778. The van der Waals surface area contributed by atoms with Crippen LogP contribution in [0.3, 0.4) is 0 Å². The summed E-state index contributed by atoms with van der Waals surface area (Å²) in [5.41, 5.74) is 0. The molecule has 0 aromatic rings. The maximum Gasteiger partial charge on any atom is 0.221 e. The van der Waals surface area contributed by atoms with Gasteiger partial charge in [-0.1, -0.05) is 6.92 Å². The van der Waals surface area contributed by atoms with Crippen LogP contribution in [0.5, 0.6) is 0 Å². The number of hydrogen-bond acceptors (Lipinski definition) is 2. The zero-order valence-electron chi connectivity index (χ0n) is 9.74. The van der Waals surface area contributed by atoms with E-state index in [4.69, 9.17) is 4.74 Å². The van der Waals surface area contributed by atoms with Crippen LogP contribution in [0.4, 0.5) is 0 Å². The Hall–Kier alpha value is -1.06. The third-order valence-electron chi connectivity index (χ3n) is 1.65. The highest BCUT2D eigenvalue weighted by atomic mass is 16.5. The van der Waals surface area contributed by atoms with Crippen LogP contribution in [0.2, 0.25) is 0 Å². The number of hydrogen-bond donors (Lipinski definition) is 1. The Morgan fingerprint density at radius 2 is 2.07 bits per heavy atom. The number of ether oxygens (including phenoxy) is 1. The van der Waals surface area contributed by atoms with Crippen LogP contribution in [0, 0.1) is 0 Å². The van der Waals surface area contributed by atoms with Gasteiger partial charge in [-0.15, -0.1) is 0 Å². The van der Waals surface area contributed by atoms with Crippen molar-refractivity contribution in [2.24, 2.45) is 9.98 Å². The first kappa shape index (κ1) is 12.9. The van der Waals surface area contributed by atoms with Crippen LogP contribution in [0.15, 0.2) is 9.98 Å². The summed E-state index contributed by atoms with van der Waals surface area (Å²) in [6, 6.07) is 0.608. The highest BCUT2D eigenvalue weighted by molar-refractivity contribution is 5.86. The molecule has 0 aliphatic carbocycles. The van der Waals surface area contributed by atoms with E-state index in [0.29, 0.717) is 12.0 Å². The second-order valence-corrected chi connectivity index (χ2v) is 3.47. The second kappa shape index (κ2) is 7.35. The largest absolute Gasteiger partial charge is 0.486 e. The van der Waals surface area contributed by atoms with E-state index in [-0.39, 0.29) is 6.04 Å². The first-order chi connectivity index (χ1) is 6.60. The van der Waals surface area contributed by atoms with Crippen LogP contribution in [0.1, 0.15) is 34.1 Å². The van der Waals surface area contributed by atoms with Crippen LogP contribution in [-0.2, 0) is 4.74 Å². The predicted octanol–water partition coefficient (Wildman–Crippen LogP) is 1.81. The second-order valence-electron chi connectivity index (χ2n) is 3.47.